The highest BCUT2D eigenvalue weighted by molar-refractivity contribution is 5.81. The molecule has 1 rings (SSSR count). The highest BCUT2D eigenvalue weighted by Gasteiger charge is 2.22. The molecule has 5 nitrogen and oxygen atoms in total. The molecule has 17 heavy (non-hydrogen) atoms. The largest absolute Gasteiger partial charge is 0.352 e. The van der Waals surface area contributed by atoms with Crippen molar-refractivity contribution in [1.29, 1.82) is 0 Å². The van der Waals surface area contributed by atoms with Crippen molar-refractivity contribution in [2.24, 2.45) is 5.41 Å². The van der Waals surface area contributed by atoms with Crippen LogP contribution in [0.4, 0.5) is 5.95 Å². The van der Waals surface area contributed by atoms with E-state index in [1.807, 2.05) is 27.7 Å². The van der Waals surface area contributed by atoms with E-state index in [-0.39, 0.29) is 17.4 Å². The monoisotopic (exact) mass is 236 g/mol. The van der Waals surface area contributed by atoms with Crippen LogP contribution in [0.15, 0.2) is 18.5 Å². The standard InChI is InChI=1S/C12H20N4O/c1-9(16-10(17)12(2,3)4)8-15-11-13-6-5-7-14-11/h5-7,9H,8H2,1-4H3,(H,16,17)(H,13,14,15)/t9-/m1/s1. The Morgan fingerprint density at radius 2 is 1.94 bits per heavy atom. The summed E-state index contributed by atoms with van der Waals surface area (Å²) in [6, 6.07) is 1.79. The fraction of sp³-hybridized carbons (Fsp3) is 0.583. The highest BCUT2D eigenvalue weighted by atomic mass is 16.2. The number of carbonyl (C=O) groups excluding carboxylic acids is 1. The summed E-state index contributed by atoms with van der Waals surface area (Å²) in [5, 5.41) is 6.00. The fourth-order valence-corrected chi connectivity index (χ4v) is 1.13. The summed E-state index contributed by atoms with van der Waals surface area (Å²) in [6.07, 6.45) is 3.35. The van der Waals surface area contributed by atoms with Crippen LogP contribution in [0.1, 0.15) is 27.7 Å². The van der Waals surface area contributed by atoms with Crippen LogP contribution in [-0.2, 0) is 4.79 Å². The van der Waals surface area contributed by atoms with E-state index in [0.717, 1.165) is 0 Å². The van der Waals surface area contributed by atoms with Gasteiger partial charge in [-0.25, -0.2) is 9.97 Å². The molecule has 0 bridgehead atoms. The van der Waals surface area contributed by atoms with E-state index in [0.29, 0.717) is 12.5 Å². The van der Waals surface area contributed by atoms with Crippen LogP contribution in [0.3, 0.4) is 0 Å². The molecule has 0 aromatic carbocycles. The van der Waals surface area contributed by atoms with Crippen molar-refractivity contribution in [1.82, 2.24) is 15.3 Å². The molecule has 0 radical (unpaired) electrons. The predicted octanol–water partition coefficient (Wildman–Crippen LogP) is 1.44. The molecule has 94 valence electrons. The third kappa shape index (κ3) is 4.80. The maximum absolute atomic E-state index is 11.7. The highest BCUT2D eigenvalue weighted by Crippen LogP contribution is 2.12. The predicted molar refractivity (Wildman–Crippen MR) is 67.6 cm³/mol. The van der Waals surface area contributed by atoms with E-state index in [9.17, 15) is 4.79 Å². The Balaban J connectivity index is 2.36. The van der Waals surface area contributed by atoms with Crippen molar-refractivity contribution in [2.45, 2.75) is 33.7 Å². The first-order valence-electron chi connectivity index (χ1n) is 5.71. The van der Waals surface area contributed by atoms with Crippen molar-refractivity contribution >= 4 is 11.9 Å². The van der Waals surface area contributed by atoms with Crippen LogP contribution in [0, 0.1) is 5.41 Å². The maximum Gasteiger partial charge on any atom is 0.225 e. The van der Waals surface area contributed by atoms with E-state index >= 15 is 0 Å². The third-order valence-corrected chi connectivity index (χ3v) is 2.19. The van der Waals surface area contributed by atoms with Gasteiger partial charge in [0.15, 0.2) is 0 Å². The van der Waals surface area contributed by atoms with Crippen LogP contribution < -0.4 is 10.6 Å². The number of anilines is 1. The van der Waals surface area contributed by atoms with E-state index in [2.05, 4.69) is 20.6 Å². The minimum atomic E-state index is -0.364. The summed E-state index contributed by atoms with van der Waals surface area (Å²) < 4.78 is 0. The van der Waals surface area contributed by atoms with Gasteiger partial charge in [0.25, 0.3) is 0 Å². The minimum Gasteiger partial charge on any atom is -0.352 e. The van der Waals surface area contributed by atoms with Crippen molar-refractivity contribution < 1.29 is 4.79 Å². The first kappa shape index (κ1) is 13.4. The number of hydrogen-bond donors (Lipinski definition) is 2. The zero-order valence-electron chi connectivity index (χ0n) is 10.8. The average Bonchev–Trinajstić information content (AvgIpc) is 2.26. The first-order chi connectivity index (χ1) is 7.89. The SMILES string of the molecule is C[C@H](CNc1ncccn1)NC(=O)C(C)(C)C. The zero-order valence-corrected chi connectivity index (χ0v) is 10.8. The number of amides is 1. The van der Waals surface area contributed by atoms with E-state index in [1.54, 1.807) is 18.5 Å². The molecule has 1 aromatic rings. The van der Waals surface area contributed by atoms with Gasteiger partial charge in [0.1, 0.15) is 0 Å². The Bertz CT molecular complexity index is 359. The molecule has 1 aromatic heterocycles. The van der Waals surface area contributed by atoms with Gasteiger partial charge in [0.05, 0.1) is 0 Å². The lowest BCUT2D eigenvalue weighted by atomic mass is 9.95. The van der Waals surface area contributed by atoms with Gasteiger partial charge in [0.2, 0.25) is 11.9 Å². The van der Waals surface area contributed by atoms with Gasteiger partial charge in [-0.1, -0.05) is 20.8 Å². The molecule has 5 heteroatoms. The number of aromatic nitrogens is 2. The average molecular weight is 236 g/mol. The summed E-state index contributed by atoms with van der Waals surface area (Å²) in [7, 11) is 0. The molecule has 1 amide bonds. The van der Waals surface area contributed by atoms with Gasteiger partial charge in [0, 0.05) is 30.4 Å². The molecule has 0 saturated heterocycles. The van der Waals surface area contributed by atoms with Crippen molar-refractivity contribution in [3.8, 4) is 0 Å². The second-order valence-electron chi connectivity index (χ2n) is 5.08. The Kier molecular flexibility index (Phi) is 4.43. The molecule has 0 saturated carbocycles. The lowest BCUT2D eigenvalue weighted by molar-refractivity contribution is -0.129. The van der Waals surface area contributed by atoms with E-state index < -0.39 is 0 Å². The lowest BCUT2D eigenvalue weighted by Gasteiger charge is -2.22. The fourth-order valence-electron chi connectivity index (χ4n) is 1.13. The van der Waals surface area contributed by atoms with Gasteiger partial charge < -0.3 is 10.6 Å². The number of nitrogens with one attached hydrogen (secondary N) is 2. The lowest BCUT2D eigenvalue weighted by Crippen LogP contribution is -2.43. The van der Waals surface area contributed by atoms with Gasteiger partial charge in [-0.15, -0.1) is 0 Å². The second kappa shape index (κ2) is 5.61. The molecular formula is C12H20N4O. The molecule has 0 spiro atoms. The summed E-state index contributed by atoms with van der Waals surface area (Å²) in [5.74, 6) is 0.616. The topological polar surface area (TPSA) is 66.9 Å². The Labute approximate surface area is 102 Å². The molecule has 0 unspecified atom stereocenters. The molecule has 0 aliphatic rings. The van der Waals surface area contributed by atoms with Crippen LogP contribution >= 0.6 is 0 Å². The first-order valence-corrected chi connectivity index (χ1v) is 5.71. The molecule has 2 N–H and O–H groups in total. The second-order valence-corrected chi connectivity index (χ2v) is 5.08. The number of nitrogens with zero attached hydrogens (tertiary/aromatic N) is 2. The summed E-state index contributed by atoms with van der Waals surface area (Å²) in [4.78, 5) is 19.8. The molecule has 0 fully saturated rings. The number of rotatable bonds is 4. The van der Waals surface area contributed by atoms with Crippen molar-refractivity contribution in [3.63, 3.8) is 0 Å². The number of carbonyl (C=O) groups is 1. The van der Waals surface area contributed by atoms with Gasteiger partial charge in [-0.2, -0.15) is 0 Å². The van der Waals surface area contributed by atoms with Gasteiger partial charge in [-0.05, 0) is 13.0 Å². The summed E-state index contributed by atoms with van der Waals surface area (Å²) in [6.45, 7) is 8.22. The zero-order chi connectivity index (χ0) is 12.9. The Morgan fingerprint density at radius 3 is 2.47 bits per heavy atom. The molecule has 0 aliphatic heterocycles. The molecule has 0 aliphatic carbocycles. The Hall–Kier alpha value is -1.65. The minimum absolute atomic E-state index is 0.0329. The van der Waals surface area contributed by atoms with Gasteiger partial charge >= 0.3 is 0 Å². The van der Waals surface area contributed by atoms with Crippen molar-refractivity contribution in [3.05, 3.63) is 18.5 Å². The molecule has 1 atom stereocenters. The summed E-state index contributed by atoms with van der Waals surface area (Å²) in [5.41, 5.74) is -0.364. The quantitative estimate of drug-likeness (QED) is 0.830. The van der Waals surface area contributed by atoms with Crippen LogP contribution in [0.25, 0.3) is 0 Å². The Morgan fingerprint density at radius 1 is 1.35 bits per heavy atom. The normalized spacial score (nSPS) is 12.9. The number of hydrogen-bond acceptors (Lipinski definition) is 4. The van der Waals surface area contributed by atoms with Gasteiger partial charge in [-0.3, -0.25) is 4.79 Å². The van der Waals surface area contributed by atoms with Crippen LogP contribution in [0.5, 0.6) is 0 Å². The molecule has 1 heterocycles. The maximum atomic E-state index is 11.7. The van der Waals surface area contributed by atoms with Crippen molar-refractivity contribution in [2.75, 3.05) is 11.9 Å². The molecular weight excluding hydrogens is 216 g/mol. The van der Waals surface area contributed by atoms with Crippen LogP contribution in [-0.4, -0.2) is 28.5 Å². The van der Waals surface area contributed by atoms with Crippen LogP contribution in [0.2, 0.25) is 0 Å². The smallest absolute Gasteiger partial charge is 0.225 e. The van der Waals surface area contributed by atoms with E-state index in [1.165, 1.54) is 0 Å². The third-order valence-electron chi connectivity index (χ3n) is 2.19. The summed E-state index contributed by atoms with van der Waals surface area (Å²) >= 11 is 0. The van der Waals surface area contributed by atoms with E-state index in [4.69, 9.17) is 0 Å².